The van der Waals surface area contributed by atoms with Gasteiger partial charge in [0.15, 0.2) is 0 Å². The van der Waals surface area contributed by atoms with Crippen molar-refractivity contribution in [1.82, 2.24) is 4.98 Å². The Morgan fingerprint density at radius 1 is 1.69 bits per heavy atom. The van der Waals surface area contributed by atoms with Crippen molar-refractivity contribution in [2.75, 3.05) is 25.6 Å². The first-order valence-corrected chi connectivity index (χ1v) is 5.53. The van der Waals surface area contributed by atoms with Gasteiger partial charge in [-0.3, -0.25) is 4.98 Å². The number of methoxy groups -OCH3 is 1. The Kier molecular flexibility index (Phi) is 5.14. The standard InChI is InChI=1S/C11H17N3OS/c1-8(7-15-2)6-14-9-4-3-5-13-10(9)11(12)16/h3-5,8,14H,6-7H2,1-2H3,(H2,12,16). The number of aromatic nitrogens is 1. The van der Waals surface area contributed by atoms with E-state index in [0.29, 0.717) is 16.6 Å². The van der Waals surface area contributed by atoms with Crippen molar-refractivity contribution in [3.63, 3.8) is 0 Å². The molecular weight excluding hydrogens is 222 g/mol. The van der Waals surface area contributed by atoms with Gasteiger partial charge < -0.3 is 15.8 Å². The van der Waals surface area contributed by atoms with E-state index in [1.165, 1.54) is 0 Å². The summed E-state index contributed by atoms with van der Waals surface area (Å²) in [5, 5.41) is 3.27. The molecule has 0 aromatic carbocycles. The van der Waals surface area contributed by atoms with E-state index in [2.05, 4.69) is 17.2 Å². The maximum atomic E-state index is 5.58. The van der Waals surface area contributed by atoms with Crippen molar-refractivity contribution >= 4 is 22.9 Å². The van der Waals surface area contributed by atoms with Crippen molar-refractivity contribution in [2.45, 2.75) is 6.92 Å². The van der Waals surface area contributed by atoms with Crippen LogP contribution in [0.2, 0.25) is 0 Å². The number of pyridine rings is 1. The SMILES string of the molecule is COCC(C)CNc1cccnc1C(N)=S. The Bertz CT molecular complexity index is 357. The summed E-state index contributed by atoms with van der Waals surface area (Å²) in [6, 6.07) is 3.77. The molecule has 0 spiro atoms. The minimum Gasteiger partial charge on any atom is -0.388 e. The van der Waals surface area contributed by atoms with Crippen LogP contribution >= 0.6 is 12.2 Å². The third-order valence-corrected chi connectivity index (χ3v) is 2.33. The lowest BCUT2D eigenvalue weighted by atomic mass is 10.2. The van der Waals surface area contributed by atoms with E-state index in [-0.39, 0.29) is 0 Å². The van der Waals surface area contributed by atoms with Crippen molar-refractivity contribution in [2.24, 2.45) is 11.7 Å². The second-order valence-corrected chi connectivity index (χ2v) is 4.15. The molecule has 1 aromatic heterocycles. The Labute approximate surface area is 101 Å². The smallest absolute Gasteiger partial charge is 0.124 e. The number of hydrogen-bond acceptors (Lipinski definition) is 4. The van der Waals surface area contributed by atoms with Crippen molar-refractivity contribution in [3.05, 3.63) is 24.0 Å². The summed E-state index contributed by atoms with van der Waals surface area (Å²) in [5.41, 5.74) is 7.10. The van der Waals surface area contributed by atoms with E-state index in [9.17, 15) is 0 Å². The first-order valence-electron chi connectivity index (χ1n) is 5.12. The van der Waals surface area contributed by atoms with Gasteiger partial charge in [0, 0.05) is 19.9 Å². The number of anilines is 1. The molecule has 1 heterocycles. The van der Waals surface area contributed by atoms with E-state index in [1.807, 2.05) is 12.1 Å². The lowest BCUT2D eigenvalue weighted by molar-refractivity contribution is 0.164. The van der Waals surface area contributed by atoms with E-state index >= 15 is 0 Å². The van der Waals surface area contributed by atoms with Gasteiger partial charge in [-0.25, -0.2) is 0 Å². The zero-order valence-electron chi connectivity index (χ0n) is 9.56. The van der Waals surface area contributed by atoms with Crippen LogP contribution in [0.5, 0.6) is 0 Å². The molecule has 0 aliphatic heterocycles. The van der Waals surface area contributed by atoms with Crippen LogP contribution in [0.3, 0.4) is 0 Å². The van der Waals surface area contributed by atoms with Gasteiger partial charge in [0.2, 0.25) is 0 Å². The molecule has 88 valence electrons. The molecule has 1 rings (SSSR count). The number of nitrogens with one attached hydrogen (secondary N) is 1. The molecule has 0 aliphatic rings. The number of hydrogen-bond donors (Lipinski definition) is 2. The average molecular weight is 239 g/mol. The number of ether oxygens (including phenoxy) is 1. The third-order valence-electron chi connectivity index (χ3n) is 2.13. The molecule has 3 N–H and O–H groups in total. The molecular formula is C11H17N3OS. The fourth-order valence-corrected chi connectivity index (χ4v) is 1.53. The summed E-state index contributed by atoms with van der Waals surface area (Å²) in [6.07, 6.45) is 1.68. The molecule has 5 heteroatoms. The van der Waals surface area contributed by atoms with Crippen molar-refractivity contribution in [3.8, 4) is 0 Å². The highest BCUT2D eigenvalue weighted by Crippen LogP contribution is 2.12. The largest absolute Gasteiger partial charge is 0.388 e. The van der Waals surface area contributed by atoms with Gasteiger partial charge in [0.1, 0.15) is 10.7 Å². The fourth-order valence-electron chi connectivity index (χ4n) is 1.37. The molecule has 1 unspecified atom stereocenters. The maximum Gasteiger partial charge on any atom is 0.124 e. The van der Waals surface area contributed by atoms with Crippen molar-refractivity contribution in [1.29, 1.82) is 0 Å². The van der Waals surface area contributed by atoms with Gasteiger partial charge in [-0.1, -0.05) is 19.1 Å². The van der Waals surface area contributed by atoms with Gasteiger partial charge in [-0.05, 0) is 18.1 Å². The summed E-state index contributed by atoms with van der Waals surface area (Å²) in [6.45, 7) is 3.62. The summed E-state index contributed by atoms with van der Waals surface area (Å²) in [5.74, 6) is 0.421. The minimum atomic E-state index is 0.308. The molecule has 0 saturated heterocycles. The maximum absolute atomic E-state index is 5.58. The summed E-state index contributed by atoms with van der Waals surface area (Å²) < 4.78 is 5.06. The van der Waals surface area contributed by atoms with Gasteiger partial charge in [-0.15, -0.1) is 0 Å². The minimum absolute atomic E-state index is 0.308. The van der Waals surface area contributed by atoms with Gasteiger partial charge in [0.05, 0.1) is 12.3 Å². The highest BCUT2D eigenvalue weighted by Gasteiger charge is 2.07. The number of nitrogens with zero attached hydrogens (tertiary/aromatic N) is 1. The van der Waals surface area contributed by atoms with Crippen LogP contribution in [0.25, 0.3) is 0 Å². The molecule has 0 saturated carbocycles. The summed E-state index contributed by atoms with van der Waals surface area (Å²) >= 11 is 4.93. The predicted molar refractivity (Wildman–Crippen MR) is 69.7 cm³/mol. The van der Waals surface area contributed by atoms with Gasteiger partial charge in [0.25, 0.3) is 0 Å². The molecule has 4 nitrogen and oxygen atoms in total. The van der Waals surface area contributed by atoms with Crippen LogP contribution in [0.4, 0.5) is 5.69 Å². The molecule has 1 aromatic rings. The summed E-state index contributed by atoms with van der Waals surface area (Å²) in [4.78, 5) is 4.45. The predicted octanol–water partition coefficient (Wildman–Crippen LogP) is 1.41. The van der Waals surface area contributed by atoms with E-state index < -0.39 is 0 Å². The van der Waals surface area contributed by atoms with Gasteiger partial charge in [-0.2, -0.15) is 0 Å². The van der Waals surface area contributed by atoms with Crippen LogP contribution in [0.15, 0.2) is 18.3 Å². The third kappa shape index (κ3) is 3.75. The summed E-state index contributed by atoms with van der Waals surface area (Å²) in [7, 11) is 1.70. The number of nitrogens with two attached hydrogens (primary N) is 1. The molecule has 0 aliphatic carbocycles. The first-order chi connectivity index (χ1) is 7.65. The zero-order chi connectivity index (χ0) is 12.0. The highest BCUT2D eigenvalue weighted by atomic mass is 32.1. The van der Waals surface area contributed by atoms with Crippen LogP contribution < -0.4 is 11.1 Å². The molecule has 0 bridgehead atoms. The Hall–Kier alpha value is -1.20. The Balaban J connectivity index is 2.63. The molecule has 0 fully saturated rings. The number of thiocarbonyl (C=S) groups is 1. The molecule has 16 heavy (non-hydrogen) atoms. The van der Waals surface area contributed by atoms with Crippen LogP contribution in [-0.2, 0) is 4.74 Å². The fraction of sp³-hybridized carbons (Fsp3) is 0.455. The Morgan fingerprint density at radius 3 is 3.06 bits per heavy atom. The molecule has 0 amide bonds. The average Bonchev–Trinajstić information content (AvgIpc) is 2.27. The molecule has 1 atom stereocenters. The Morgan fingerprint density at radius 2 is 2.44 bits per heavy atom. The van der Waals surface area contributed by atoms with E-state index in [1.54, 1.807) is 13.3 Å². The number of rotatable bonds is 6. The monoisotopic (exact) mass is 239 g/mol. The van der Waals surface area contributed by atoms with Gasteiger partial charge >= 0.3 is 0 Å². The second-order valence-electron chi connectivity index (χ2n) is 3.71. The van der Waals surface area contributed by atoms with Crippen LogP contribution in [0.1, 0.15) is 12.6 Å². The lowest BCUT2D eigenvalue weighted by Gasteiger charge is -2.14. The molecule has 0 radical (unpaired) electrons. The normalized spacial score (nSPS) is 12.1. The van der Waals surface area contributed by atoms with Crippen molar-refractivity contribution < 1.29 is 4.74 Å². The quantitative estimate of drug-likeness (QED) is 0.735. The lowest BCUT2D eigenvalue weighted by Crippen LogP contribution is -2.19. The highest BCUT2D eigenvalue weighted by molar-refractivity contribution is 7.80. The first kappa shape index (κ1) is 12.9. The van der Waals surface area contributed by atoms with E-state index in [0.717, 1.165) is 18.8 Å². The zero-order valence-corrected chi connectivity index (χ0v) is 10.4. The van der Waals surface area contributed by atoms with Crippen LogP contribution in [0, 0.1) is 5.92 Å². The second kappa shape index (κ2) is 6.40. The topological polar surface area (TPSA) is 60.2 Å². The van der Waals surface area contributed by atoms with E-state index in [4.69, 9.17) is 22.7 Å². The van der Waals surface area contributed by atoms with Crippen LogP contribution in [-0.4, -0.2) is 30.2 Å².